The van der Waals surface area contributed by atoms with Crippen molar-refractivity contribution in [2.24, 2.45) is 0 Å². The fraction of sp³-hybridized carbons (Fsp3) is 0.286. The van der Waals surface area contributed by atoms with Crippen molar-refractivity contribution in [3.8, 4) is 0 Å². The lowest BCUT2D eigenvalue weighted by molar-refractivity contribution is -0.141. The van der Waals surface area contributed by atoms with Crippen molar-refractivity contribution in [2.45, 2.75) is 51.7 Å². The van der Waals surface area contributed by atoms with Crippen LogP contribution in [0.3, 0.4) is 0 Å². The van der Waals surface area contributed by atoms with Crippen molar-refractivity contribution < 1.29 is 9.59 Å². The van der Waals surface area contributed by atoms with Crippen LogP contribution in [0.1, 0.15) is 37.5 Å². The Labute approximate surface area is 222 Å². The zero-order valence-corrected chi connectivity index (χ0v) is 22.3. The molecule has 0 aliphatic carbocycles. The van der Waals surface area contributed by atoms with Crippen LogP contribution in [0.2, 0.25) is 15.1 Å². The van der Waals surface area contributed by atoms with Crippen LogP contribution in [-0.4, -0.2) is 28.3 Å². The number of amides is 2. The Kier molecular flexibility index (Phi) is 9.23. The number of nitrogens with one attached hydrogen (secondary N) is 1. The van der Waals surface area contributed by atoms with E-state index in [0.29, 0.717) is 27.1 Å². The molecule has 3 aromatic carbocycles. The van der Waals surface area contributed by atoms with Crippen LogP contribution in [0.15, 0.2) is 72.8 Å². The molecule has 1 N–H and O–H groups in total. The Hall–Kier alpha value is -2.53. The van der Waals surface area contributed by atoms with Gasteiger partial charge < -0.3 is 10.2 Å². The first-order valence-electron chi connectivity index (χ1n) is 11.4. The van der Waals surface area contributed by atoms with E-state index in [1.807, 2.05) is 75.4 Å². The standard InChI is InChI=1S/C28H29Cl3N2O2/c1-28(2,3)32-27(35)25(16-19-9-5-4-6-10-19)33(18-20-13-14-23(30)24(31)15-20)26(34)17-21-11-7-8-12-22(21)29/h4-15,25H,16-18H2,1-3H3,(H,32,35)/t25-/m0/s1. The van der Waals surface area contributed by atoms with E-state index in [4.69, 9.17) is 34.8 Å². The molecule has 0 spiro atoms. The van der Waals surface area contributed by atoms with Gasteiger partial charge in [0.05, 0.1) is 16.5 Å². The maximum absolute atomic E-state index is 13.8. The van der Waals surface area contributed by atoms with Gasteiger partial charge >= 0.3 is 0 Å². The number of rotatable bonds is 8. The molecular weight excluding hydrogens is 503 g/mol. The molecule has 0 fully saturated rings. The molecule has 4 nitrogen and oxygen atoms in total. The van der Waals surface area contributed by atoms with E-state index in [2.05, 4.69) is 5.32 Å². The van der Waals surface area contributed by atoms with Crippen LogP contribution in [0.4, 0.5) is 0 Å². The Balaban J connectivity index is 2.02. The molecule has 0 heterocycles. The number of carbonyl (C=O) groups excluding carboxylic acids is 2. The number of nitrogens with zero attached hydrogens (tertiary/aromatic N) is 1. The lowest BCUT2D eigenvalue weighted by atomic mass is 10.00. The van der Waals surface area contributed by atoms with Gasteiger partial charge in [-0.25, -0.2) is 0 Å². The molecule has 2 amide bonds. The summed E-state index contributed by atoms with van der Waals surface area (Å²) >= 11 is 18.7. The van der Waals surface area contributed by atoms with Gasteiger partial charge in [-0.2, -0.15) is 0 Å². The van der Waals surface area contributed by atoms with Gasteiger partial charge in [-0.3, -0.25) is 9.59 Å². The van der Waals surface area contributed by atoms with Crippen molar-refractivity contribution in [1.29, 1.82) is 0 Å². The van der Waals surface area contributed by atoms with Gasteiger partial charge in [0.15, 0.2) is 0 Å². The smallest absolute Gasteiger partial charge is 0.243 e. The van der Waals surface area contributed by atoms with Gasteiger partial charge in [0.25, 0.3) is 0 Å². The van der Waals surface area contributed by atoms with Crippen molar-refractivity contribution in [3.05, 3.63) is 105 Å². The minimum absolute atomic E-state index is 0.0646. The third kappa shape index (κ3) is 7.99. The Morgan fingerprint density at radius 2 is 1.49 bits per heavy atom. The first-order valence-corrected chi connectivity index (χ1v) is 12.5. The summed E-state index contributed by atoms with van der Waals surface area (Å²) < 4.78 is 0. The second kappa shape index (κ2) is 11.9. The summed E-state index contributed by atoms with van der Waals surface area (Å²) in [7, 11) is 0. The molecule has 0 saturated heterocycles. The molecule has 0 radical (unpaired) electrons. The van der Waals surface area contributed by atoms with Crippen LogP contribution in [0, 0.1) is 0 Å². The van der Waals surface area contributed by atoms with Crippen LogP contribution >= 0.6 is 34.8 Å². The van der Waals surface area contributed by atoms with Gasteiger partial charge in [-0.1, -0.05) is 89.4 Å². The fourth-order valence-corrected chi connectivity index (χ4v) is 4.27. The Morgan fingerprint density at radius 1 is 0.829 bits per heavy atom. The normalized spacial score (nSPS) is 12.2. The van der Waals surface area contributed by atoms with E-state index in [1.165, 1.54) is 0 Å². The monoisotopic (exact) mass is 530 g/mol. The van der Waals surface area contributed by atoms with Gasteiger partial charge in [0.1, 0.15) is 6.04 Å². The highest BCUT2D eigenvalue weighted by atomic mass is 35.5. The van der Waals surface area contributed by atoms with Crippen LogP contribution in [-0.2, 0) is 29.0 Å². The molecule has 0 aliphatic rings. The topological polar surface area (TPSA) is 49.4 Å². The summed E-state index contributed by atoms with van der Waals surface area (Å²) in [6.45, 7) is 5.94. The average Bonchev–Trinajstić information content (AvgIpc) is 2.79. The number of carbonyl (C=O) groups is 2. The fourth-order valence-electron chi connectivity index (χ4n) is 3.75. The maximum atomic E-state index is 13.8. The molecule has 0 bridgehead atoms. The van der Waals surface area contributed by atoms with Crippen molar-refractivity contribution >= 4 is 46.6 Å². The van der Waals surface area contributed by atoms with E-state index < -0.39 is 11.6 Å². The molecule has 184 valence electrons. The van der Waals surface area contributed by atoms with Crippen LogP contribution in [0.25, 0.3) is 0 Å². The third-order valence-corrected chi connectivity index (χ3v) is 6.51. The number of halogens is 3. The summed E-state index contributed by atoms with van der Waals surface area (Å²) in [6, 6.07) is 21.4. The summed E-state index contributed by atoms with van der Waals surface area (Å²) in [5.41, 5.74) is 1.96. The zero-order valence-electron chi connectivity index (χ0n) is 20.0. The van der Waals surface area contributed by atoms with Gasteiger partial charge in [0, 0.05) is 23.5 Å². The quantitative estimate of drug-likeness (QED) is 0.350. The molecule has 0 unspecified atom stereocenters. The Morgan fingerprint density at radius 3 is 2.11 bits per heavy atom. The first-order chi connectivity index (χ1) is 16.5. The predicted octanol–water partition coefficient (Wildman–Crippen LogP) is 6.74. The van der Waals surface area contributed by atoms with Crippen molar-refractivity contribution in [1.82, 2.24) is 10.2 Å². The molecule has 0 aliphatic heterocycles. The van der Waals surface area contributed by atoms with Crippen LogP contribution in [0.5, 0.6) is 0 Å². The number of hydrogen-bond acceptors (Lipinski definition) is 2. The van der Waals surface area contributed by atoms with E-state index in [9.17, 15) is 9.59 Å². The second-order valence-electron chi connectivity index (χ2n) is 9.48. The van der Waals surface area contributed by atoms with E-state index in [1.54, 1.807) is 23.1 Å². The molecule has 0 aromatic heterocycles. The van der Waals surface area contributed by atoms with Crippen LogP contribution < -0.4 is 5.32 Å². The molecule has 7 heteroatoms. The summed E-state index contributed by atoms with van der Waals surface area (Å²) in [4.78, 5) is 28.9. The average molecular weight is 532 g/mol. The highest BCUT2D eigenvalue weighted by molar-refractivity contribution is 6.42. The molecular formula is C28H29Cl3N2O2. The Bertz CT molecular complexity index is 1180. The lowest BCUT2D eigenvalue weighted by Crippen LogP contribution is -2.54. The molecule has 1 atom stereocenters. The molecule has 0 saturated carbocycles. The van der Waals surface area contributed by atoms with E-state index in [0.717, 1.165) is 11.1 Å². The maximum Gasteiger partial charge on any atom is 0.243 e. The summed E-state index contributed by atoms with van der Waals surface area (Å²) in [6.07, 6.45) is 0.424. The minimum Gasteiger partial charge on any atom is -0.350 e. The van der Waals surface area contributed by atoms with Gasteiger partial charge in [-0.15, -0.1) is 0 Å². The van der Waals surface area contributed by atoms with Crippen molar-refractivity contribution in [2.75, 3.05) is 0 Å². The third-order valence-electron chi connectivity index (χ3n) is 5.41. The number of benzene rings is 3. The summed E-state index contributed by atoms with van der Waals surface area (Å²) in [5.74, 6) is -0.442. The molecule has 3 rings (SSSR count). The number of hydrogen-bond donors (Lipinski definition) is 1. The van der Waals surface area contributed by atoms with Gasteiger partial charge in [-0.05, 0) is 55.7 Å². The van der Waals surface area contributed by atoms with E-state index in [-0.39, 0.29) is 24.8 Å². The SMILES string of the molecule is CC(C)(C)NC(=O)[C@H](Cc1ccccc1)N(Cc1ccc(Cl)c(Cl)c1)C(=O)Cc1ccccc1Cl. The van der Waals surface area contributed by atoms with E-state index >= 15 is 0 Å². The zero-order chi connectivity index (χ0) is 25.6. The minimum atomic E-state index is -0.749. The predicted molar refractivity (Wildman–Crippen MR) is 144 cm³/mol. The van der Waals surface area contributed by atoms with Gasteiger partial charge in [0.2, 0.25) is 11.8 Å². The first kappa shape index (κ1) is 27.1. The highest BCUT2D eigenvalue weighted by Crippen LogP contribution is 2.25. The lowest BCUT2D eigenvalue weighted by Gasteiger charge is -2.34. The highest BCUT2D eigenvalue weighted by Gasteiger charge is 2.32. The molecule has 3 aromatic rings. The largest absolute Gasteiger partial charge is 0.350 e. The summed E-state index contributed by atoms with van der Waals surface area (Å²) in [5, 5.41) is 4.38. The second-order valence-corrected chi connectivity index (χ2v) is 10.7. The van der Waals surface area contributed by atoms with Crippen molar-refractivity contribution in [3.63, 3.8) is 0 Å². The molecule has 35 heavy (non-hydrogen) atoms.